The fourth-order valence-electron chi connectivity index (χ4n) is 2.13. The summed E-state index contributed by atoms with van der Waals surface area (Å²) in [6, 6.07) is 8.26. The fraction of sp³-hybridized carbons (Fsp3) is 0.500. The van der Waals surface area contributed by atoms with Crippen LogP contribution in [0, 0.1) is 11.3 Å². The van der Waals surface area contributed by atoms with Gasteiger partial charge in [-0.3, -0.25) is 0 Å². The van der Waals surface area contributed by atoms with E-state index in [1.54, 1.807) is 0 Å². The van der Waals surface area contributed by atoms with Gasteiger partial charge in [-0.2, -0.15) is 17.0 Å². The average Bonchev–Trinajstić information content (AvgIpc) is 2.50. The summed E-state index contributed by atoms with van der Waals surface area (Å²) in [4.78, 5) is 2.34. The molecule has 0 bridgehead atoms. The van der Waals surface area contributed by atoms with Crippen LogP contribution in [0.2, 0.25) is 0 Å². The third-order valence-electron chi connectivity index (χ3n) is 3.26. The van der Waals surface area contributed by atoms with E-state index in [4.69, 9.17) is 0 Å². The number of hydrogen-bond acceptors (Lipinski definition) is 3. The minimum absolute atomic E-state index is 0.344. The van der Waals surface area contributed by atoms with Crippen LogP contribution in [-0.2, 0) is 0 Å². The van der Waals surface area contributed by atoms with Crippen molar-refractivity contribution in [3.8, 4) is 6.07 Å². The molecule has 0 aliphatic carbocycles. The number of nitrogens with zero attached hydrogens (tertiary/aromatic N) is 2. The van der Waals surface area contributed by atoms with Gasteiger partial charge in [0.15, 0.2) is 0 Å². The molecular weight excluding hydrogens is 308 g/mol. The molecule has 1 aromatic carbocycles. The van der Waals surface area contributed by atoms with Crippen molar-refractivity contribution in [3.05, 3.63) is 28.2 Å². The molecule has 1 fully saturated rings. The third kappa shape index (κ3) is 3.21. The van der Waals surface area contributed by atoms with Gasteiger partial charge in [-0.25, -0.2) is 0 Å². The molecule has 18 heavy (non-hydrogen) atoms. The second-order valence-electron chi connectivity index (χ2n) is 5.12. The molecule has 2 rings (SSSR count). The van der Waals surface area contributed by atoms with E-state index in [2.05, 4.69) is 40.7 Å². The van der Waals surface area contributed by atoms with E-state index < -0.39 is 0 Å². The molecule has 1 heterocycles. The number of rotatable bonds is 1. The topological polar surface area (TPSA) is 27.0 Å². The van der Waals surface area contributed by atoms with Gasteiger partial charge in [0.2, 0.25) is 0 Å². The highest BCUT2D eigenvalue weighted by atomic mass is 79.9. The van der Waals surface area contributed by atoms with Crippen LogP contribution in [0.1, 0.15) is 25.8 Å². The normalized spacial score (nSPS) is 19.1. The summed E-state index contributed by atoms with van der Waals surface area (Å²) in [7, 11) is 0. The molecule has 0 aromatic heterocycles. The summed E-state index contributed by atoms with van der Waals surface area (Å²) < 4.78 is 1.31. The fourth-order valence-corrected chi connectivity index (χ4v) is 3.60. The van der Waals surface area contributed by atoms with Crippen LogP contribution < -0.4 is 4.90 Å². The van der Waals surface area contributed by atoms with Crippen LogP contribution in [0.5, 0.6) is 0 Å². The largest absolute Gasteiger partial charge is 0.370 e. The Kier molecular flexibility index (Phi) is 4.24. The first kappa shape index (κ1) is 13.8. The number of benzene rings is 1. The minimum Gasteiger partial charge on any atom is -0.370 e. The van der Waals surface area contributed by atoms with Gasteiger partial charge in [0, 0.05) is 28.1 Å². The Morgan fingerprint density at radius 2 is 2.17 bits per heavy atom. The maximum Gasteiger partial charge on any atom is 0.101 e. The van der Waals surface area contributed by atoms with Crippen molar-refractivity contribution in [3.63, 3.8) is 0 Å². The second-order valence-corrected chi connectivity index (χ2v) is 7.84. The van der Waals surface area contributed by atoms with Crippen LogP contribution in [0.25, 0.3) is 0 Å². The standard InChI is InChI=1S/C14H17BrN2S/c1-14(2)5-6-17(7-8-18-14)13-4-3-12(15)9-11(13)10-16/h3-4,9H,5-8H2,1-2H3. The molecule has 1 saturated heterocycles. The Morgan fingerprint density at radius 3 is 2.89 bits per heavy atom. The molecule has 1 aromatic rings. The van der Waals surface area contributed by atoms with Gasteiger partial charge in [0.05, 0.1) is 11.3 Å². The highest BCUT2D eigenvalue weighted by Crippen LogP contribution is 2.33. The Hall–Kier alpha value is -0.660. The number of thioether (sulfide) groups is 1. The van der Waals surface area contributed by atoms with Crippen LogP contribution in [0.4, 0.5) is 5.69 Å². The van der Waals surface area contributed by atoms with E-state index in [1.807, 2.05) is 30.0 Å². The van der Waals surface area contributed by atoms with Crippen LogP contribution >= 0.6 is 27.7 Å². The molecule has 1 aliphatic heterocycles. The van der Waals surface area contributed by atoms with Crippen molar-refractivity contribution in [2.45, 2.75) is 25.0 Å². The molecule has 0 amide bonds. The van der Waals surface area contributed by atoms with E-state index in [0.717, 1.165) is 41.0 Å². The minimum atomic E-state index is 0.344. The zero-order valence-corrected chi connectivity index (χ0v) is 13.1. The van der Waals surface area contributed by atoms with Crippen LogP contribution in [-0.4, -0.2) is 23.6 Å². The van der Waals surface area contributed by atoms with Crippen molar-refractivity contribution in [1.29, 1.82) is 5.26 Å². The maximum atomic E-state index is 9.24. The molecule has 0 unspecified atom stereocenters. The smallest absolute Gasteiger partial charge is 0.101 e. The molecule has 2 nitrogen and oxygen atoms in total. The van der Waals surface area contributed by atoms with Crippen molar-refractivity contribution in [2.24, 2.45) is 0 Å². The van der Waals surface area contributed by atoms with E-state index in [0.29, 0.717) is 4.75 Å². The first-order chi connectivity index (χ1) is 8.52. The molecule has 1 aliphatic rings. The molecule has 0 saturated carbocycles. The van der Waals surface area contributed by atoms with Gasteiger partial charge in [0.25, 0.3) is 0 Å². The lowest BCUT2D eigenvalue weighted by atomic mass is 10.1. The Bertz CT molecular complexity index is 479. The Morgan fingerprint density at radius 1 is 1.39 bits per heavy atom. The average molecular weight is 325 g/mol. The summed E-state index contributed by atoms with van der Waals surface area (Å²) in [6.45, 7) is 6.64. The lowest BCUT2D eigenvalue weighted by Gasteiger charge is -2.25. The van der Waals surface area contributed by atoms with E-state index in [9.17, 15) is 5.26 Å². The zero-order chi connectivity index (χ0) is 13.2. The predicted octanol–water partition coefficient (Wildman–Crippen LogP) is 4.04. The van der Waals surface area contributed by atoms with Gasteiger partial charge in [-0.1, -0.05) is 29.8 Å². The van der Waals surface area contributed by atoms with Gasteiger partial charge in [-0.15, -0.1) is 0 Å². The summed E-state index contributed by atoms with van der Waals surface area (Å²) in [5.41, 5.74) is 1.83. The van der Waals surface area contributed by atoms with Crippen LogP contribution in [0.15, 0.2) is 22.7 Å². The van der Waals surface area contributed by atoms with Crippen LogP contribution in [0.3, 0.4) is 0 Å². The SMILES string of the molecule is CC1(C)CCN(c2ccc(Br)cc2C#N)CCS1. The summed E-state index contributed by atoms with van der Waals surface area (Å²) in [5, 5.41) is 9.24. The second kappa shape index (κ2) is 5.54. The predicted molar refractivity (Wildman–Crippen MR) is 82.2 cm³/mol. The number of nitriles is 1. The van der Waals surface area contributed by atoms with Crippen molar-refractivity contribution in [2.75, 3.05) is 23.7 Å². The Labute approximate surface area is 121 Å². The maximum absolute atomic E-state index is 9.24. The van der Waals surface area contributed by atoms with E-state index in [-0.39, 0.29) is 0 Å². The molecule has 0 spiro atoms. The summed E-state index contributed by atoms with van der Waals surface area (Å²) >= 11 is 5.44. The first-order valence-electron chi connectivity index (χ1n) is 6.10. The molecule has 96 valence electrons. The molecule has 0 N–H and O–H groups in total. The monoisotopic (exact) mass is 324 g/mol. The molecular formula is C14H17BrN2S. The summed E-state index contributed by atoms with van der Waals surface area (Å²) in [6.07, 6.45) is 1.15. The van der Waals surface area contributed by atoms with Gasteiger partial charge in [0.1, 0.15) is 6.07 Å². The van der Waals surface area contributed by atoms with E-state index >= 15 is 0 Å². The van der Waals surface area contributed by atoms with Gasteiger partial charge >= 0.3 is 0 Å². The van der Waals surface area contributed by atoms with Gasteiger partial charge in [-0.05, 0) is 24.6 Å². The van der Waals surface area contributed by atoms with Gasteiger partial charge < -0.3 is 4.90 Å². The molecule has 0 atom stereocenters. The Balaban J connectivity index is 2.24. The lowest BCUT2D eigenvalue weighted by Crippen LogP contribution is -2.27. The zero-order valence-electron chi connectivity index (χ0n) is 10.7. The molecule has 0 radical (unpaired) electrons. The number of anilines is 1. The van der Waals surface area contributed by atoms with Crippen molar-refractivity contribution >= 4 is 33.4 Å². The lowest BCUT2D eigenvalue weighted by molar-refractivity contribution is 0.637. The van der Waals surface area contributed by atoms with Crippen molar-refractivity contribution in [1.82, 2.24) is 0 Å². The third-order valence-corrected chi connectivity index (χ3v) is 5.12. The van der Waals surface area contributed by atoms with Crippen molar-refractivity contribution < 1.29 is 0 Å². The number of halogens is 1. The highest BCUT2D eigenvalue weighted by Gasteiger charge is 2.24. The highest BCUT2D eigenvalue weighted by molar-refractivity contribution is 9.10. The first-order valence-corrected chi connectivity index (χ1v) is 7.88. The summed E-state index contributed by atoms with van der Waals surface area (Å²) in [5.74, 6) is 1.12. The quantitative estimate of drug-likeness (QED) is 0.780. The number of hydrogen-bond donors (Lipinski definition) is 0. The molecule has 4 heteroatoms. The van der Waals surface area contributed by atoms with E-state index in [1.165, 1.54) is 0 Å².